The molecule has 0 rings (SSSR count). The van der Waals surface area contributed by atoms with Gasteiger partial charge in [0.05, 0.1) is 0 Å². The van der Waals surface area contributed by atoms with Crippen molar-refractivity contribution in [2.75, 3.05) is 6.61 Å². The SMILES string of the molecule is O.O.O.O.O=C(O)CO.[Ba+2].[H-].[H-].[Ti]. The Kier molecular flexibility index (Phi) is 206. The Morgan fingerprint density at radius 2 is 1.27 bits per heavy atom. The minimum atomic E-state index is -1.19. The van der Waals surface area contributed by atoms with E-state index in [0.717, 1.165) is 0 Å². The van der Waals surface area contributed by atoms with Crippen LogP contribution >= 0.6 is 0 Å². The van der Waals surface area contributed by atoms with E-state index in [4.69, 9.17) is 15.0 Å². The van der Waals surface area contributed by atoms with Crippen LogP contribution in [-0.4, -0.2) is 93.6 Å². The summed E-state index contributed by atoms with van der Waals surface area (Å²) < 4.78 is 0. The molecule has 0 fully saturated rings. The van der Waals surface area contributed by atoms with Gasteiger partial charge in [-0.15, -0.1) is 0 Å². The summed E-state index contributed by atoms with van der Waals surface area (Å²) in [6.07, 6.45) is 0. The molecule has 0 aliphatic rings. The van der Waals surface area contributed by atoms with Gasteiger partial charge < -0.3 is 35.0 Å². The summed E-state index contributed by atoms with van der Waals surface area (Å²) in [5.74, 6) is -1.19. The molecule has 70 valence electrons. The molecule has 0 saturated carbocycles. The monoisotopic (exact) mass is 336 g/mol. The molecule has 0 radical (unpaired) electrons. The largest absolute Gasteiger partial charge is 2.00 e. The number of carboxylic acid groups (broad SMARTS) is 1. The van der Waals surface area contributed by atoms with Gasteiger partial charge in [-0.05, 0) is 0 Å². The summed E-state index contributed by atoms with van der Waals surface area (Å²) in [6, 6.07) is 0. The van der Waals surface area contributed by atoms with E-state index in [1.165, 1.54) is 0 Å². The number of aliphatic hydroxyl groups excluding tert-OH is 1. The van der Waals surface area contributed by atoms with Gasteiger partial charge in [0, 0.05) is 21.7 Å². The van der Waals surface area contributed by atoms with Gasteiger partial charge in [0.15, 0.2) is 0 Å². The Hall–Kier alpha value is 1.56. The molecular formula is C2H14BaO7Ti. The van der Waals surface area contributed by atoms with Gasteiger partial charge in [-0.1, -0.05) is 0 Å². The fourth-order valence-corrected chi connectivity index (χ4v) is 0. The molecule has 0 aromatic heterocycles. The number of hydrogen-bond donors (Lipinski definition) is 2. The first kappa shape index (κ1) is 54.3. The Morgan fingerprint density at radius 1 is 1.18 bits per heavy atom. The number of carboxylic acids is 1. The second kappa shape index (κ2) is 41.7. The van der Waals surface area contributed by atoms with Gasteiger partial charge in [-0.25, -0.2) is 4.79 Å². The molecule has 7 nitrogen and oxygen atoms in total. The van der Waals surface area contributed by atoms with Crippen molar-refractivity contribution in [3.8, 4) is 0 Å². The smallest absolute Gasteiger partial charge is 1.00 e. The molecule has 0 saturated heterocycles. The average Bonchev–Trinajstić information content (AvgIpc) is 1.38. The first-order chi connectivity index (χ1) is 2.27. The van der Waals surface area contributed by atoms with Gasteiger partial charge in [-0.2, -0.15) is 0 Å². The first-order valence-corrected chi connectivity index (χ1v) is 1.10. The van der Waals surface area contributed by atoms with Crippen molar-refractivity contribution in [2.24, 2.45) is 0 Å². The molecule has 9 heteroatoms. The predicted molar refractivity (Wildman–Crippen MR) is 37.2 cm³/mol. The van der Waals surface area contributed by atoms with Gasteiger partial charge in [0.1, 0.15) is 6.61 Å². The molecular weight excluding hydrogens is 321 g/mol. The second-order valence-electron chi connectivity index (χ2n) is 0.552. The Labute approximate surface area is 121 Å². The molecule has 0 unspecified atom stereocenters. The third kappa shape index (κ3) is 83.5. The number of aliphatic hydroxyl groups is 1. The third-order valence-corrected chi connectivity index (χ3v) is 0.135. The van der Waals surface area contributed by atoms with Crippen LogP contribution in [0.25, 0.3) is 0 Å². The standard InChI is InChI=1S/C2H4O3.Ba.4H2O.Ti.2H/c3-1-2(4)5;;;;;;;;/h3H,1H2,(H,4,5);;4*1H2;;;/q;+2;;;;;;2*-1. The number of rotatable bonds is 1. The second-order valence-corrected chi connectivity index (χ2v) is 0.552. The zero-order valence-electron chi connectivity index (χ0n) is 7.72. The van der Waals surface area contributed by atoms with Crippen molar-refractivity contribution in [3.05, 3.63) is 0 Å². The van der Waals surface area contributed by atoms with Gasteiger partial charge >= 0.3 is 54.9 Å². The summed E-state index contributed by atoms with van der Waals surface area (Å²) in [4.78, 5) is 9.12. The average molecular weight is 335 g/mol. The van der Waals surface area contributed by atoms with E-state index in [1.807, 2.05) is 0 Å². The van der Waals surface area contributed by atoms with E-state index in [-0.39, 0.29) is 95.4 Å². The van der Waals surface area contributed by atoms with Gasteiger partial charge in [0.25, 0.3) is 0 Å². The fraction of sp³-hybridized carbons (Fsp3) is 0.500. The number of aliphatic carboxylic acids is 1. The van der Waals surface area contributed by atoms with Crippen LogP contribution in [0.2, 0.25) is 0 Å². The van der Waals surface area contributed by atoms with Crippen LogP contribution < -0.4 is 0 Å². The molecule has 0 aliphatic carbocycles. The fourth-order valence-electron chi connectivity index (χ4n) is 0. The van der Waals surface area contributed by atoms with Crippen LogP contribution in [0.5, 0.6) is 0 Å². The van der Waals surface area contributed by atoms with Crippen molar-refractivity contribution in [1.29, 1.82) is 0 Å². The van der Waals surface area contributed by atoms with Crippen molar-refractivity contribution >= 4 is 54.9 Å². The minimum absolute atomic E-state index is 0. The van der Waals surface area contributed by atoms with Gasteiger partial charge in [0.2, 0.25) is 0 Å². The van der Waals surface area contributed by atoms with E-state index in [0.29, 0.717) is 0 Å². The molecule has 0 atom stereocenters. The normalized spacial score (nSPS) is 3.36. The summed E-state index contributed by atoms with van der Waals surface area (Å²) in [6.45, 7) is -0.778. The molecule has 11 heavy (non-hydrogen) atoms. The van der Waals surface area contributed by atoms with Crippen molar-refractivity contribution < 1.29 is 61.5 Å². The summed E-state index contributed by atoms with van der Waals surface area (Å²) in [7, 11) is 0. The molecule has 0 aromatic carbocycles. The summed E-state index contributed by atoms with van der Waals surface area (Å²) in [5.41, 5.74) is 0. The maximum Gasteiger partial charge on any atom is 2.00 e. The molecule has 0 aliphatic heterocycles. The van der Waals surface area contributed by atoms with E-state index in [9.17, 15) is 0 Å². The van der Waals surface area contributed by atoms with Crippen molar-refractivity contribution in [3.63, 3.8) is 0 Å². The molecule has 0 spiro atoms. The molecule has 0 aromatic rings. The summed E-state index contributed by atoms with van der Waals surface area (Å²) in [5, 5.41) is 15.0. The zero-order chi connectivity index (χ0) is 4.28. The summed E-state index contributed by atoms with van der Waals surface area (Å²) >= 11 is 0. The predicted octanol–water partition coefficient (Wildman–Crippen LogP) is -4.39. The van der Waals surface area contributed by atoms with Crippen LogP contribution in [0.3, 0.4) is 0 Å². The Bertz CT molecular complexity index is 59.8. The van der Waals surface area contributed by atoms with E-state index >= 15 is 0 Å². The maximum atomic E-state index is 9.12. The van der Waals surface area contributed by atoms with Gasteiger partial charge in [-0.3, -0.25) is 0 Å². The maximum absolute atomic E-state index is 9.12. The van der Waals surface area contributed by atoms with E-state index in [2.05, 4.69) is 0 Å². The van der Waals surface area contributed by atoms with Crippen LogP contribution in [0.4, 0.5) is 0 Å². The molecule has 0 heterocycles. The quantitative estimate of drug-likeness (QED) is 0.459. The molecule has 0 amide bonds. The van der Waals surface area contributed by atoms with E-state index < -0.39 is 12.6 Å². The Balaban J connectivity index is -0.00000000286. The van der Waals surface area contributed by atoms with E-state index in [1.54, 1.807) is 0 Å². The molecule has 0 bridgehead atoms. The topological polar surface area (TPSA) is 184 Å². The van der Waals surface area contributed by atoms with Crippen molar-refractivity contribution in [1.82, 2.24) is 0 Å². The van der Waals surface area contributed by atoms with Crippen LogP contribution in [0, 0.1) is 0 Å². The first-order valence-electron chi connectivity index (χ1n) is 1.10. The van der Waals surface area contributed by atoms with Crippen LogP contribution in [-0.2, 0) is 26.5 Å². The number of carbonyl (C=O) groups is 1. The van der Waals surface area contributed by atoms with Crippen molar-refractivity contribution in [2.45, 2.75) is 0 Å². The Morgan fingerprint density at radius 3 is 1.27 bits per heavy atom. The van der Waals surface area contributed by atoms with Crippen LogP contribution in [0.1, 0.15) is 2.85 Å². The minimum Gasteiger partial charge on any atom is -1.00 e. The zero-order valence-corrected chi connectivity index (χ0v) is 11.7. The third-order valence-electron chi connectivity index (χ3n) is 0.135. The van der Waals surface area contributed by atoms with Crippen LogP contribution in [0.15, 0.2) is 0 Å². The number of hydrogen-bond acceptors (Lipinski definition) is 2. The molecule has 10 N–H and O–H groups in total.